The van der Waals surface area contributed by atoms with Gasteiger partial charge in [-0.2, -0.15) is 13.2 Å². The van der Waals surface area contributed by atoms with Crippen molar-refractivity contribution in [2.24, 2.45) is 0 Å². The summed E-state index contributed by atoms with van der Waals surface area (Å²) in [7, 11) is 0. The molecular formula is C14H16BrClF3NO. The van der Waals surface area contributed by atoms with Gasteiger partial charge in [-0.15, -0.1) is 11.6 Å². The van der Waals surface area contributed by atoms with Crippen LogP contribution in [0.25, 0.3) is 0 Å². The first-order valence-corrected chi connectivity index (χ1v) is 7.77. The predicted octanol–water partition coefficient (Wildman–Crippen LogP) is 5.58. The first-order chi connectivity index (χ1) is 9.81. The van der Waals surface area contributed by atoms with Gasteiger partial charge in [-0.1, -0.05) is 15.9 Å². The molecule has 0 fully saturated rings. The van der Waals surface area contributed by atoms with Gasteiger partial charge in [0, 0.05) is 10.4 Å². The fourth-order valence-corrected chi connectivity index (χ4v) is 2.58. The van der Waals surface area contributed by atoms with Crippen molar-refractivity contribution >= 4 is 33.4 Å². The zero-order valence-corrected chi connectivity index (χ0v) is 13.8. The molecule has 0 heterocycles. The molecule has 0 aliphatic carbocycles. The molecule has 1 rings (SSSR count). The fraction of sp³-hybridized carbons (Fsp3) is 0.500. The Morgan fingerprint density at radius 1 is 1.43 bits per heavy atom. The van der Waals surface area contributed by atoms with Crippen molar-refractivity contribution in [2.45, 2.75) is 31.9 Å². The summed E-state index contributed by atoms with van der Waals surface area (Å²) in [4.78, 5) is 0. The second-order valence-corrected chi connectivity index (χ2v) is 5.70. The van der Waals surface area contributed by atoms with Gasteiger partial charge in [0.25, 0.3) is 0 Å². The lowest BCUT2D eigenvalue weighted by molar-refractivity contribution is -0.138. The number of hydrogen-bond acceptors (Lipinski definition) is 2. The van der Waals surface area contributed by atoms with E-state index in [1.807, 2.05) is 0 Å². The minimum atomic E-state index is -4.47. The van der Waals surface area contributed by atoms with E-state index < -0.39 is 17.7 Å². The Bertz CT molecular complexity index is 494. The molecule has 0 saturated carbocycles. The van der Waals surface area contributed by atoms with Gasteiger partial charge in [0.05, 0.1) is 18.1 Å². The van der Waals surface area contributed by atoms with Crippen LogP contribution in [0.5, 0.6) is 0 Å². The largest absolute Gasteiger partial charge is 0.481 e. The van der Waals surface area contributed by atoms with Crippen LogP contribution in [0.4, 0.5) is 13.2 Å². The summed E-state index contributed by atoms with van der Waals surface area (Å²) in [6.07, 6.45) is -3.63. The number of nitrogens with one attached hydrogen (secondary N) is 1. The maximum absolute atomic E-state index is 13.2. The maximum atomic E-state index is 13.2. The number of hydrogen-bond donors (Lipinski definition) is 1. The number of rotatable bonds is 6. The van der Waals surface area contributed by atoms with Crippen LogP contribution in [0, 0.1) is 5.41 Å². The van der Waals surface area contributed by atoms with E-state index in [0.717, 1.165) is 6.07 Å². The van der Waals surface area contributed by atoms with Crippen molar-refractivity contribution in [3.8, 4) is 0 Å². The van der Waals surface area contributed by atoms with Crippen molar-refractivity contribution in [3.63, 3.8) is 0 Å². The van der Waals surface area contributed by atoms with Crippen LogP contribution in [-0.2, 0) is 10.9 Å². The third-order valence-corrected chi connectivity index (χ3v) is 3.70. The molecule has 1 aromatic rings. The highest BCUT2D eigenvalue weighted by Crippen LogP contribution is 2.38. The molecule has 0 saturated heterocycles. The van der Waals surface area contributed by atoms with Gasteiger partial charge >= 0.3 is 6.18 Å². The Balaban J connectivity index is 3.27. The summed E-state index contributed by atoms with van der Waals surface area (Å²) >= 11 is 8.82. The summed E-state index contributed by atoms with van der Waals surface area (Å²) in [5.41, 5.74) is -0.699. The van der Waals surface area contributed by atoms with Gasteiger partial charge in [0.1, 0.15) is 0 Å². The average molecular weight is 387 g/mol. The summed E-state index contributed by atoms with van der Waals surface area (Å²) < 4.78 is 45.1. The van der Waals surface area contributed by atoms with Gasteiger partial charge in [-0.05, 0) is 43.5 Å². The van der Waals surface area contributed by atoms with Gasteiger partial charge in [0.2, 0.25) is 0 Å². The molecule has 118 valence electrons. The van der Waals surface area contributed by atoms with E-state index in [-0.39, 0.29) is 18.1 Å². The van der Waals surface area contributed by atoms with Crippen molar-refractivity contribution in [1.29, 1.82) is 5.41 Å². The highest BCUT2D eigenvalue weighted by Gasteiger charge is 2.36. The highest BCUT2D eigenvalue weighted by atomic mass is 79.9. The average Bonchev–Trinajstić information content (AvgIpc) is 2.38. The Morgan fingerprint density at radius 3 is 2.62 bits per heavy atom. The van der Waals surface area contributed by atoms with Crippen molar-refractivity contribution in [3.05, 3.63) is 33.8 Å². The minimum absolute atomic E-state index is 0.0421. The first-order valence-electron chi connectivity index (χ1n) is 6.45. The zero-order valence-electron chi connectivity index (χ0n) is 11.4. The van der Waals surface area contributed by atoms with Crippen LogP contribution in [0.1, 0.15) is 36.8 Å². The molecule has 0 bridgehead atoms. The number of benzene rings is 1. The van der Waals surface area contributed by atoms with Crippen LogP contribution < -0.4 is 0 Å². The monoisotopic (exact) mass is 385 g/mol. The molecule has 1 unspecified atom stereocenters. The van der Waals surface area contributed by atoms with Crippen LogP contribution >= 0.6 is 27.5 Å². The lowest BCUT2D eigenvalue weighted by atomic mass is 9.90. The highest BCUT2D eigenvalue weighted by molar-refractivity contribution is 9.10. The van der Waals surface area contributed by atoms with Crippen molar-refractivity contribution in [1.82, 2.24) is 0 Å². The molecule has 0 amide bonds. The van der Waals surface area contributed by atoms with E-state index >= 15 is 0 Å². The molecule has 1 aromatic carbocycles. The summed E-state index contributed by atoms with van der Waals surface area (Å²) in [6.45, 7) is 1.93. The smallest absolute Gasteiger partial charge is 0.416 e. The van der Waals surface area contributed by atoms with Crippen LogP contribution in [0.15, 0.2) is 22.7 Å². The molecule has 0 aliphatic heterocycles. The first kappa shape index (κ1) is 18.3. The van der Waals surface area contributed by atoms with E-state index in [0.29, 0.717) is 23.2 Å². The Hall–Kier alpha value is -0.750. The molecule has 0 aromatic heterocycles. The lowest BCUT2D eigenvalue weighted by Crippen LogP contribution is -2.20. The fourth-order valence-electron chi connectivity index (χ4n) is 2.05. The second kappa shape index (κ2) is 8.03. The molecule has 1 N–H and O–H groups in total. The van der Waals surface area contributed by atoms with E-state index in [2.05, 4.69) is 15.9 Å². The molecule has 21 heavy (non-hydrogen) atoms. The van der Waals surface area contributed by atoms with Gasteiger partial charge in [-0.3, -0.25) is 5.41 Å². The van der Waals surface area contributed by atoms with Gasteiger partial charge in [-0.25, -0.2) is 0 Å². The minimum Gasteiger partial charge on any atom is -0.481 e. The topological polar surface area (TPSA) is 33.1 Å². The zero-order chi connectivity index (χ0) is 16.0. The molecule has 0 spiro atoms. The third kappa shape index (κ3) is 5.18. The number of alkyl halides is 4. The number of ether oxygens (including phenoxy) is 1. The SMILES string of the molecule is CCOC(=N)C(CCCCl)c1cc(Br)ccc1C(F)(F)F. The molecule has 1 atom stereocenters. The summed E-state index contributed by atoms with van der Waals surface area (Å²) in [5, 5.41) is 7.89. The van der Waals surface area contributed by atoms with E-state index in [1.165, 1.54) is 12.1 Å². The standard InChI is InChI=1S/C14H16BrClF3NO/c1-2-21-13(20)10(4-3-7-16)11-8-9(15)5-6-12(11)14(17,18)19/h5-6,8,10,20H,2-4,7H2,1H3. The quantitative estimate of drug-likeness (QED) is 0.386. The normalized spacial score (nSPS) is 13.0. The van der Waals surface area contributed by atoms with E-state index in [1.54, 1.807) is 6.92 Å². The van der Waals surface area contributed by atoms with Crippen LogP contribution in [-0.4, -0.2) is 18.4 Å². The van der Waals surface area contributed by atoms with Gasteiger partial charge in [0.15, 0.2) is 5.90 Å². The summed E-state index contributed by atoms with van der Waals surface area (Å²) in [6, 6.07) is 3.76. The molecule has 0 aliphatic rings. The maximum Gasteiger partial charge on any atom is 0.416 e. The third-order valence-electron chi connectivity index (χ3n) is 2.94. The Kier molecular flexibility index (Phi) is 7.00. The molecular weight excluding hydrogens is 371 g/mol. The van der Waals surface area contributed by atoms with Crippen LogP contribution in [0.2, 0.25) is 0 Å². The number of halogens is 5. The van der Waals surface area contributed by atoms with Crippen molar-refractivity contribution < 1.29 is 17.9 Å². The molecule has 7 heteroatoms. The van der Waals surface area contributed by atoms with E-state index in [4.69, 9.17) is 21.7 Å². The van der Waals surface area contributed by atoms with Crippen molar-refractivity contribution in [2.75, 3.05) is 12.5 Å². The van der Waals surface area contributed by atoms with Crippen LogP contribution in [0.3, 0.4) is 0 Å². The second-order valence-electron chi connectivity index (χ2n) is 4.41. The Labute approximate surface area is 135 Å². The van der Waals surface area contributed by atoms with E-state index in [9.17, 15) is 13.2 Å². The lowest BCUT2D eigenvalue weighted by Gasteiger charge is -2.22. The molecule has 0 radical (unpaired) electrons. The van der Waals surface area contributed by atoms with Gasteiger partial charge < -0.3 is 4.74 Å². The molecule has 2 nitrogen and oxygen atoms in total. The Morgan fingerprint density at radius 2 is 2.10 bits per heavy atom. The summed E-state index contributed by atoms with van der Waals surface area (Å²) in [5.74, 6) is -0.588. The predicted molar refractivity (Wildman–Crippen MR) is 81.2 cm³/mol.